The number of benzene rings is 1. The third-order valence-corrected chi connectivity index (χ3v) is 5.74. The fourth-order valence-electron chi connectivity index (χ4n) is 4.06. The summed E-state index contributed by atoms with van der Waals surface area (Å²) < 4.78 is 5.04. The second kappa shape index (κ2) is 11.3. The van der Waals surface area contributed by atoms with Crippen LogP contribution in [0.25, 0.3) is 0 Å². The maximum atomic E-state index is 11.7. The van der Waals surface area contributed by atoms with Crippen LogP contribution in [0.4, 0.5) is 0 Å². The monoisotopic (exact) mass is 344 g/mol. The van der Waals surface area contributed by atoms with E-state index in [2.05, 4.69) is 19.1 Å². The van der Waals surface area contributed by atoms with Crippen LogP contribution in [0.2, 0.25) is 0 Å². The third kappa shape index (κ3) is 7.22. The predicted molar refractivity (Wildman–Crippen MR) is 105 cm³/mol. The zero-order valence-electron chi connectivity index (χ0n) is 16.3. The molecule has 1 aliphatic rings. The van der Waals surface area contributed by atoms with E-state index in [1.807, 2.05) is 19.1 Å². The highest BCUT2D eigenvalue weighted by molar-refractivity contribution is 5.89. The Morgan fingerprint density at radius 2 is 1.56 bits per heavy atom. The average Bonchev–Trinajstić information content (AvgIpc) is 2.65. The lowest BCUT2D eigenvalue weighted by Gasteiger charge is -2.28. The molecule has 1 saturated carbocycles. The van der Waals surface area contributed by atoms with Crippen molar-refractivity contribution in [3.8, 4) is 0 Å². The molecule has 2 heteroatoms. The van der Waals surface area contributed by atoms with Crippen LogP contribution in [0, 0.1) is 11.8 Å². The Balaban J connectivity index is 1.65. The minimum atomic E-state index is -0.216. The molecule has 1 fully saturated rings. The standard InChI is InChI=1S/C23H36O2/c1-3-5-6-7-8-19-9-11-20(12-10-19)13-14-21-15-17-22(18-16-21)23(24)25-4-2/h15-20H,3-14H2,1-2H3. The number of unbranched alkanes of at least 4 members (excludes halogenated alkanes) is 3. The van der Waals surface area contributed by atoms with E-state index in [1.54, 1.807) is 0 Å². The van der Waals surface area contributed by atoms with Gasteiger partial charge in [-0.1, -0.05) is 76.8 Å². The number of hydrogen-bond donors (Lipinski definition) is 0. The van der Waals surface area contributed by atoms with Crippen LogP contribution >= 0.6 is 0 Å². The number of ether oxygens (including phenoxy) is 1. The fourth-order valence-corrected chi connectivity index (χ4v) is 4.06. The van der Waals surface area contributed by atoms with Crippen LogP contribution in [0.15, 0.2) is 24.3 Å². The van der Waals surface area contributed by atoms with E-state index < -0.39 is 0 Å². The lowest BCUT2D eigenvalue weighted by Crippen LogP contribution is -2.15. The molecule has 2 rings (SSSR count). The molecule has 0 atom stereocenters. The topological polar surface area (TPSA) is 26.3 Å². The van der Waals surface area contributed by atoms with Crippen LogP contribution in [0.3, 0.4) is 0 Å². The Kier molecular flexibility index (Phi) is 9.07. The molecule has 0 heterocycles. The van der Waals surface area contributed by atoms with Crippen molar-refractivity contribution >= 4 is 5.97 Å². The zero-order chi connectivity index (χ0) is 17.9. The van der Waals surface area contributed by atoms with Crippen LogP contribution in [0.1, 0.15) is 94.0 Å². The molecule has 0 unspecified atom stereocenters. The maximum absolute atomic E-state index is 11.7. The van der Waals surface area contributed by atoms with E-state index in [4.69, 9.17) is 4.74 Å². The number of carbonyl (C=O) groups is 1. The molecule has 1 aromatic carbocycles. The van der Waals surface area contributed by atoms with Gasteiger partial charge in [-0.15, -0.1) is 0 Å². The summed E-state index contributed by atoms with van der Waals surface area (Å²) in [4.78, 5) is 11.7. The van der Waals surface area contributed by atoms with E-state index in [0.717, 1.165) is 18.3 Å². The summed E-state index contributed by atoms with van der Waals surface area (Å²) in [6.45, 7) is 4.56. The van der Waals surface area contributed by atoms with Gasteiger partial charge in [0.05, 0.1) is 12.2 Å². The fraction of sp³-hybridized carbons (Fsp3) is 0.696. The minimum Gasteiger partial charge on any atom is -0.462 e. The molecular formula is C23H36O2. The van der Waals surface area contributed by atoms with Gasteiger partial charge in [0.1, 0.15) is 0 Å². The molecule has 0 N–H and O–H groups in total. The first-order valence-electron chi connectivity index (χ1n) is 10.5. The van der Waals surface area contributed by atoms with E-state index in [1.165, 1.54) is 69.8 Å². The van der Waals surface area contributed by atoms with Gasteiger partial charge in [0.2, 0.25) is 0 Å². The van der Waals surface area contributed by atoms with Gasteiger partial charge < -0.3 is 4.74 Å². The second-order valence-electron chi connectivity index (χ2n) is 7.69. The maximum Gasteiger partial charge on any atom is 0.338 e. The van der Waals surface area contributed by atoms with Crippen molar-refractivity contribution in [3.63, 3.8) is 0 Å². The molecule has 0 amide bonds. The molecular weight excluding hydrogens is 308 g/mol. The molecule has 0 aliphatic heterocycles. The second-order valence-corrected chi connectivity index (χ2v) is 7.69. The van der Waals surface area contributed by atoms with Gasteiger partial charge in [-0.3, -0.25) is 0 Å². The molecule has 1 aromatic rings. The van der Waals surface area contributed by atoms with Crippen molar-refractivity contribution < 1.29 is 9.53 Å². The highest BCUT2D eigenvalue weighted by Gasteiger charge is 2.20. The summed E-state index contributed by atoms with van der Waals surface area (Å²) in [7, 11) is 0. The molecule has 25 heavy (non-hydrogen) atoms. The number of carbonyl (C=O) groups excluding carboxylic acids is 1. The van der Waals surface area contributed by atoms with Crippen molar-refractivity contribution in [3.05, 3.63) is 35.4 Å². The van der Waals surface area contributed by atoms with Gasteiger partial charge in [0.15, 0.2) is 0 Å². The molecule has 1 aliphatic carbocycles. The summed E-state index contributed by atoms with van der Waals surface area (Å²) in [5.41, 5.74) is 2.00. The van der Waals surface area contributed by atoms with E-state index in [9.17, 15) is 4.79 Å². The lowest BCUT2D eigenvalue weighted by molar-refractivity contribution is 0.0526. The molecule has 0 aromatic heterocycles. The minimum absolute atomic E-state index is 0.216. The highest BCUT2D eigenvalue weighted by Crippen LogP contribution is 2.34. The van der Waals surface area contributed by atoms with E-state index >= 15 is 0 Å². The molecule has 0 spiro atoms. The smallest absolute Gasteiger partial charge is 0.338 e. The number of hydrogen-bond acceptors (Lipinski definition) is 2. The zero-order valence-corrected chi connectivity index (χ0v) is 16.3. The van der Waals surface area contributed by atoms with Gasteiger partial charge in [0.25, 0.3) is 0 Å². The van der Waals surface area contributed by atoms with Crippen LogP contribution < -0.4 is 0 Å². The summed E-state index contributed by atoms with van der Waals surface area (Å²) >= 11 is 0. The Morgan fingerprint density at radius 1 is 0.920 bits per heavy atom. The lowest BCUT2D eigenvalue weighted by atomic mass is 9.77. The van der Waals surface area contributed by atoms with Crippen molar-refractivity contribution in [1.29, 1.82) is 0 Å². The van der Waals surface area contributed by atoms with Gasteiger partial charge in [-0.25, -0.2) is 4.79 Å². The molecule has 0 bridgehead atoms. The normalized spacial score (nSPS) is 20.4. The van der Waals surface area contributed by atoms with Crippen molar-refractivity contribution in [2.75, 3.05) is 6.61 Å². The summed E-state index contributed by atoms with van der Waals surface area (Å²) in [5, 5.41) is 0. The predicted octanol–water partition coefficient (Wildman–Crippen LogP) is 6.57. The van der Waals surface area contributed by atoms with Crippen LogP contribution in [-0.4, -0.2) is 12.6 Å². The Bertz CT molecular complexity index is 483. The first-order valence-corrected chi connectivity index (χ1v) is 10.5. The summed E-state index contributed by atoms with van der Waals surface area (Å²) in [6, 6.07) is 7.98. The quantitative estimate of drug-likeness (QED) is 0.354. The van der Waals surface area contributed by atoms with Gasteiger partial charge >= 0.3 is 5.97 Å². The third-order valence-electron chi connectivity index (χ3n) is 5.74. The van der Waals surface area contributed by atoms with Gasteiger partial charge in [-0.05, 0) is 49.3 Å². The molecule has 0 radical (unpaired) electrons. The Morgan fingerprint density at radius 3 is 2.16 bits per heavy atom. The number of aryl methyl sites for hydroxylation is 1. The van der Waals surface area contributed by atoms with Crippen LogP contribution in [0.5, 0.6) is 0 Å². The van der Waals surface area contributed by atoms with Crippen molar-refractivity contribution in [2.45, 2.75) is 84.5 Å². The van der Waals surface area contributed by atoms with Gasteiger partial charge in [0, 0.05) is 0 Å². The molecule has 140 valence electrons. The Hall–Kier alpha value is -1.31. The van der Waals surface area contributed by atoms with Crippen molar-refractivity contribution in [1.82, 2.24) is 0 Å². The summed E-state index contributed by atoms with van der Waals surface area (Å²) in [5.74, 6) is 1.68. The largest absolute Gasteiger partial charge is 0.462 e. The first kappa shape index (κ1) is 20.0. The summed E-state index contributed by atoms with van der Waals surface area (Å²) in [6.07, 6.45) is 15.2. The van der Waals surface area contributed by atoms with Crippen LogP contribution in [-0.2, 0) is 11.2 Å². The average molecular weight is 345 g/mol. The number of esters is 1. The van der Waals surface area contributed by atoms with E-state index in [-0.39, 0.29) is 5.97 Å². The highest BCUT2D eigenvalue weighted by atomic mass is 16.5. The number of rotatable bonds is 10. The van der Waals surface area contributed by atoms with Crippen molar-refractivity contribution in [2.24, 2.45) is 11.8 Å². The molecule has 0 saturated heterocycles. The van der Waals surface area contributed by atoms with Gasteiger partial charge in [-0.2, -0.15) is 0 Å². The first-order chi connectivity index (χ1) is 12.2. The Labute approximate surface area is 154 Å². The SMILES string of the molecule is CCCCCCC1CCC(CCc2ccc(C(=O)OCC)cc2)CC1. The molecule has 2 nitrogen and oxygen atoms in total. The van der Waals surface area contributed by atoms with E-state index in [0.29, 0.717) is 12.2 Å².